The van der Waals surface area contributed by atoms with E-state index in [9.17, 15) is 0 Å². The van der Waals surface area contributed by atoms with Crippen LogP contribution in [0.4, 0.5) is 0 Å². The van der Waals surface area contributed by atoms with Gasteiger partial charge < -0.3 is 5.32 Å². The molecular formula is C15H22N2. The van der Waals surface area contributed by atoms with Crippen molar-refractivity contribution in [1.82, 2.24) is 5.32 Å². The van der Waals surface area contributed by atoms with Gasteiger partial charge >= 0.3 is 0 Å². The Labute approximate surface area is 104 Å². The van der Waals surface area contributed by atoms with Crippen molar-refractivity contribution in [1.29, 1.82) is 0 Å². The molecule has 92 valence electrons. The summed E-state index contributed by atoms with van der Waals surface area (Å²) in [4.78, 5) is 4.64. The van der Waals surface area contributed by atoms with Crippen molar-refractivity contribution in [3.05, 3.63) is 35.9 Å². The van der Waals surface area contributed by atoms with E-state index in [1.54, 1.807) is 0 Å². The summed E-state index contributed by atoms with van der Waals surface area (Å²) in [5, 5.41) is 3.61. The van der Waals surface area contributed by atoms with Gasteiger partial charge in [-0.1, -0.05) is 43.7 Å². The average molecular weight is 230 g/mol. The van der Waals surface area contributed by atoms with Gasteiger partial charge in [0.05, 0.1) is 11.9 Å². The number of hydrogen-bond acceptors (Lipinski definition) is 2. The molecular weight excluding hydrogens is 208 g/mol. The predicted octanol–water partition coefficient (Wildman–Crippen LogP) is 3.70. The predicted molar refractivity (Wildman–Crippen MR) is 73.4 cm³/mol. The van der Waals surface area contributed by atoms with E-state index in [1.807, 2.05) is 0 Å². The second-order valence-electron chi connectivity index (χ2n) is 4.65. The molecule has 2 rings (SSSR count). The highest BCUT2D eigenvalue weighted by Crippen LogP contribution is 2.17. The largest absolute Gasteiger partial charge is 0.367 e. The van der Waals surface area contributed by atoms with E-state index >= 15 is 0 Å². The highest BCUT2D eigenvalue weighted by molar-refractivity contribution is 5.82. The highest BCUT2D eigenvalue weighted by atomic mass is 15.0. The quantitative estimate of drug-likeness (QED) is 0.841. The van der Waals surface area contributed by atoms with Crippen LogP contribution in [0.2, 0.25) is 0 Å². The summed E-state index contributed by atoms with van der Waals surface area (Å²) in [5.41, 5.74) is 1.36. The number of amidine groups is 1. The number of aliphatic imine (C=N–C) groups is 1. The molecule has 2 nitrogen and oxygen atoms in total. The maximum absolute atomic E-state index is 4.64. The van der Waals surface area contributed by atoms with Crippen LogP contribution in [0.5, 0.6) is 0 Å². The SMILES string of the molecule is CCC(NC1=NCCCCC1)c1ccccc1. The number of nitrogens with zero attached hydrogens (tertiary/aromatic N) is 1. The summed E-state index contributed by atoms with van der Waals surface area (Å²) >= 11 is 0. The fourth-order valence-corrected chi connectivity index (χ4v) is 2.30. The molecule has 1 unspecified atom stereocenters. The molecule has 2 heteroatoms. The molecule has 0 aliphatic carbocycles. The average Bonchev–Trinajstić information content (AvgIpc) is 2.65. The Hall–Kier alpha value is -1.31. The van der Waals surface area contributed by atoms with Crippen LogP contribution in [0.25, 0.3) is 0 Å². The number of rotatable bonds is 3. The molecule has 0 aromatic heterocycles. The number of hydrogen-bond donors (Lipinski definition) is 1. The van der Waals surface area contributed by atoms with Crippen LogP contribution < -0.4 is 5.32 Å². The Morgan fingerprint density at radius 1 is 1.18 bits per heavy atom. The van der Waals surface area contributed by atoms with Gasteiger partial charge in [-0.05, 0) is 24.8 Å². The summed E-state index contributed by atoms with van der Waals surface area (Å²) in [6, 6.07) is 11.1. The van der Waals surface area contributed by atoms with E-state index in [4.69, 9.17) is 0 Å². The number of benzene rings is 1. The zero-order chi connectivity index (χ0) is 11.9. The third-order valence-electron chi connectivity index (χ3n) is 3.33. The van der Waals surface area contributed by atoms with Crippen LogP contribution in [0, 0.1) is 0 Å². The van der Waals surface area contributed by atoms with Crippen molar-refractivity contribution in [2.24, 2.45) is 4.99 Å². The Morgan fingerprint density at radius 2 is 2.00 bits per heavy atom. The molecule has 0 bridgehead atoms. The fraction of sp³-hybridized carbons (Fsp3) is 0.533. The van der Waals surface area contributed by atoms with E-state index in [0.717, 1.165) is 19.4 Å². The Bertz CT molecular complexity index is 356. The van der Waals surface area contributed by atoms with Crippen molar-refractivity contribution in [2.75, 3.05) is 6.54 Å². The topological polar surface area (TPSA) is 24.4 Å². The van der Waals surface area contributed by atoms with Gasteiger partial charge in [0.15, 0.2) is 0 Å². The van der Waals surface area contributed by atoms with E-state index < -0.39 is 0 Å². The maximum atomic E-state index is 4.64. The first-order valence-corrected chi connectivity index (χ1v) is 6.75. The summed E-state index contributed by atoms with van der Waals surface area (Å²) < 4.78 is 0. The molecule has 0 spiro atoms. The normalized spacial score (nSPS) is 18.1. The van der Waals surface area contributed by atoms with Crippen LogP contribution >= 0.6 is 0 Å². The molecule has 1 N–H and O–H groups in total. The molecule has 1 heterocycles. The van der Waals surface area contributed by atoms with Crippen LogP contribution in [0.1, 0.15) is 50.6 Å². The molecule has 0 fully saturated rings. The minimum Gasteiger partial charge on any atom is -0.367 e. The Morgan fingerprint density at radius 3 is 2.76 bits per heavy atom. The standard InChI is InChI=1S/C15H22N2/c1-2-14(13-9-5-3-6-10-13)17-15-11-7-4-8-12-16-15/h3,5-6,9-10,14H,2,4,7-8,11-12H2,1H3,(H,16,17). The van der Waals surface area contributed by atoms with E-state index in [1.165, 1.54) is 30.7 Å². The summed E-state index contributed by atoms with van der Waals surface area (Å²) in [6.07, 6.45) is 6.05. The van der Waals surface area contributed by atoms with Crippen molar-refractivity contribution in [3.8, 4) is 0 Å². The third kappa shape index (κ3) is 3.58. The molecule has 0 saturated heterocycles. The van der Waals surface area contributed by atoms with Gasteiger partial charge in [-0.3, -0.25) is 4.99 Å². The molecule has 1 atom stereocenters. The molecule has 1 aliphatic heterocycles. The third-order valence-corrected chi connectivity index (χ3v) is 3.33. The first kappa shape index (κ1) is 12.2. The van der Waals surface area contributed by atoms with Crippen LogP contribution in [0.15, 0.2) is 35.3 Å². The van der Waals surface area contributed by atoms with Crippen LogP contribution in [-0.2, 0) is 0 Å². The van der Waals surface area contributed by atoms with Crippen molar-refractivity contribution in [2.45, 2.75) is 45.1 Å². The molecule has 17 heavy (non-hydrogen) atoms. The van der Waals surface area contributed by atoms with Gasteiger partial charge in [-0.2, -0.15) is 0 Å². The van der Waals surface area contributed by atoms with Crippen molar-refractivity contribution in [3.63, 3.8) is 0 Å². The van der Waals surface area contributed by atoms with Crippen LogP contribution in [0.3, 0.4) is 0 Å². The minimum atomic E-state index is 0.410. The fourth-order valence-electron chi connectivity index (χ4n) is 2.30. The lowest BCUT2D eigenvalue weighted by molar-refractivity contribution is 0.615. The van der Waals surface area contributed by atoms with Gasteiger partial charge in [0.2, 0.25) is 0 Å². The summed E-state index contributed by atoms with van der Waals surface area (Å²) in [5.74, 6) is 1.21. The van der Waals surface area contributed by atoms with Crippen molar-refractivity contribution < 1.29 is 0 Å². The first-order chi connectivity index (χ1) is 8.40. The Kier molecular flexibility index (Phi) is 4.60. The smallest absolute Gasteiger partial charge is 0.0967 e. The van der Waals surface area contributed by atoms with Gasteiger partial charge in [-0.15, -0.1) is 0 Å². The second-order valence-corrected chi connectivity index (χ2v) is 4.65. The van der Waals surface area contributed by atoms with Crippen LogP contribution in [-0.4, -0.2) is 12.4 Å². The van der Waals surface area contributed by atoms with E-state index in [2.05, 4.69) is 47.6 Å². The summed E-state index contributed by atoms with van der Waals surface area (Å²) in [7, 11) is 0. The van der Waals surface area contributed by atoms with Gasteiger partial charge in [0.1, 0.15) is 0 Å². The zero-order valence-corrected chi connectivity index (χ0v) is 10.7. The monoisotopic (exact) mass is 230 g/mol. The van der Waals surface area contributed by atoms with E-state index in [-0.39, 0.29) is 0 Å². The molecule has 0 saturated carbocycles. The molecule has 1 aliphatic rings. The van der Waals surface area contributed by atoms with Gasteiger partial charge in [0, 0.05) is 13.0 Å². The van der Waals surface area contributed by atoms with Gasteiger partial charge in [-0.25, -0.2) is 0 Å². The minimum absolute atomic E-state index is 0.410. The van der Waals surface area contributed by atoms with Crippen molar-refractivity contribution >= 4 is 5.84 Å². The molecule has 1 aromatic rings. The Balaban J connectivity index is 2.02. The van der Waals surface area contributed by atoms with Gasteiger partial charge in [0.25, 0.3) is 0 Å². The lowest BCUT2D eigenvalue weighted by atomic mass is 10.0. The zero-order valence-electron chi connectivity index (χ0n) is 10.7. The number of nitrogens with one attached hydrogen (secondary N) is 1. The molecule has 1 aromatic carbocycles. The lowest BCUT2D eigenvalue weighted by Crippen LogP contribution is -2.28. The first-order valence-electron chi connectivity index (χ1n) is 6.75. The molecule has 0 amide bonds. The molecule has 0 radical (unpaired) electrons. The maximum Gasteiger partial charge on any atom is 0.0967 e. The highest BCUT2D eigenvalue weighted by Gasteiger charge is 2.11. The second kappa shape index (κ2) is 6.43. The van der Waals surface area contributed by atoms with E-state index in [0.29, 0.717) is 6.04 Å². The summed E-state index contributed by atoms with van der Waals surface area (Å²) in [6.45, 7) is 3.22. The lowest BCUT2D eigenvalue weighted by Gasteiger charge is -2.19.